The summed E-state index contributed by atoms with van der Waals surface area (Å²) in [5.74, 6) is -0.389. The van der Waals surface area contributed by atoms with Crippen molar-refractivity contribution in [2.75, 3.05) is 26.2 Å². The van der Waals surface area contributed by atoms with E-state index in [1.807, 2.05) is 18.2 Å². The summed E-state index contributed by atoms with van der Waals surface area (Å²) in [6, 6.07) is 13.5. The minimum Gasteiger partial charge on any atom is -0.408 e. The lowest BCUT2D eigenvalue weighted by Crippen LogP contribution is -3.14. The zero-order chi connectivity index (χ0) is 19.0. The maximum Gasteiger partial charge on any atom is 0.424 e. The van der Waals surface area contributed by atoms with Crippen LogP contribution in [0.3, 0.4) is 0 Å². The van der Waals surface area contributed by atoms with Gasteiger partial charge in [-0.05, 0) is 36.4 Å². The molecule has 0 atom stereocenters. The highest BCUT2D eigenvalue weighted by molar-refractivity contribution is 7.89. The van der Waals surface area contributed by atoms with Crippen LogP contribution < -0.4 is 10.7 Å². The molecule has 9 heteroatoms. The molecule has 0 spiro atoms. The summed E-state index contributed by atoms with van der Waals surface area (Å²) in [4.78, 5) is 13.5. The molecule has 2 aromatic carbocycles. The van der Waals surface area contributed by atoms with Crippen LogP contribution in [-0.4, -0.2) is 43.5 Å². The van der Waals surface area contributed by atoms with Gasteiger partial charge in [0, 0.05) is 5.02 Å². The fraction of sp³-hybridized carbons (Fsp3) is 0.278. The first-order valence-electron chi connectivity index (χ1n) is 8.63. The number of oxazole rings is 1. The van der Waals surface area contributed by atoms with E-state index in [0.29, 0.717) is 43.5 Å². The molecule has 0 bridgehead atoms. The van der Waals surface area contributed by atoms with E-state index in [1.54, 1.807) is 22.8 Å². The molecule has 1 fully saturated rings. The van der Waals surface area contributed by atoms with Crippen LogP contribution in [0.2, 0.25) is 5.02 Å². The topological polar surface area (TPSA) is 77.0 Å². The minimum atomic E-state index is -3.53. The number of sulfonamides is 1. The fourth-order valence-electron chi connectivity index (χ4n) is 3.34. The Morgan fingerprint density at radius 3 is 2.41 bits per heavy atom. The van der Waals surface area contributed by atoms with Crippen molar-refractivity contribution < 1.29 is 17.7 Å². The molecule has 0 saturated carbocycles. The predicted molar refractivity (Wildman–Crippen MR) is 101 cm³/mol. The van der Waals surface area contributed by atoms with Gasteiger partial charge in [0.05, 0.1) is 36.6 Å². The Hall–Kier alpha value is -2.13. The van der Waals surface area contributed by atoms with E-state index in [9.17, 15) is 13.2 Å². The second-order valence-corrected chi connectivity index (χ2v) is 8.90. The number of rotatable bonds is 4. The first kappa shape index (κ1) is 18.2. The number of hydrogen-bond acceptors (Lipinski definition) is 4. The summed E-state index contributed by atoms with van der Waals surface area (Å²) in [5.41, 5.74) is 1.32. The summed E-state index contributed by atoms with van der Waals surface area (Å²) in [7, 11) is -3.53. The SMILES string of the molecule is O=c1oc2ccccc2n1C[NH+]1CCN(S(=O)(=O)c2ccc(Cl)cc2)CC1. The van der Waals surface area contributed by atoms with Crippen molar-refractivity contribution in [1.29, 1.82) is 0 Å². The second kappa shape index (κ2) is 7.12. The molecule has 0 amide bonds. The molecule has 1 saturated heterocycles. The highest BCUT2D eigenvalue weighted by Crippen LogP contribution is 2.18. The van der Waals surface area contributed by atoms with E-state index in [-0.39, 0.29) is 10.7 Å². The molecule has 4 rings (SSSR count). The first-order valence-corrected chi connectivity index (χ1v) is 10.4. The largest absolute Gasteiger partial charge is 0.424 e. The van der Waals surface area contributed by atoms with Gasteiger partial charge in [0.25, 0.3) is 0 Å². The Labute approximate surface area is 161 Å². The molecule has 1 aromatic heterocycles. The maximum atomic E-state index is 12.8. The van der Waals surface area contributed by atoms with Gasteiger partial charge in [0.1, 0.15) is 0 Å². The number of hydrogen-bond donors (Lipinski definition) is 1. The minimum absolute atomic E-state index is 0.243. The maximum absolute atomic E-state index is 12.8. The number of quaternary nitrogens is 1. The van der Waals surface area contributed by atoms with E-state index >= 15 is 0 Å². The van der Waals surface area contributed by atoms with Crippen molar-refractivity contribution in [3.8, 4) is 0 Å². The molecule has 0 radical (unpaired) electrons. The van der Waals surface area contributed by atoms with Crippen molar-refractivity contribution in [2.24, 2.45) is 0 Å². The summed E-state index contributed by atoms with van der Waals surface area (Å²) < 4.78 is 33.9. The zero-order valence-electron chi connectivity index (χ0n) is 14.5. The lowest BCUT2D eigenvalue weighted by molar-refractivity contribution is -0.926. The molecular formula is C18H19ClN3O4S+. The number of aromatic nitrogens is 1. The molecule has 0 aliphatic carbocycles. The average Bonchev–Trinajstić information content (AvgIpc) is 2.98. The van der Waals surface area contributed by atoms with Crippen molar-refractivity contribution in [2.45, 2.75) is 11.6 Å². The third kappa shape index (κ3) is 3.53. The Morgan fingerprint density at radius 2 is 1.70 bits per heavy atom. The Balaban J connectivity index is 1.46. The van der Waals surface area contributed by atoms with Crippen LogP contribution in [0.25, 0.3) is 11.1 Å². The number of piperazine rings is 1. The number of para-hydroxylation sites is 2. The predicted octanol–water partition coefficient (Wildman–Crippen LogP) is 0.795. The third-order valence-electron chi connectivity index (χ3n) is 4.84. The zero-order valence-corrected chi connectivity index (χ0v) is 16.0. The highest BCUT2D eigenvalue weighted by atomic mass is 35.5. The van der Waals surface area contributed by atoms with Crippen LogP contribution >= 0.6 is 11.6 Å². The summed E-state index contributed by atoms with van der Waals surface area (Å²) in [6.07, 6.45) is 0. The Morgan fingerprint density at radius 1 is 1.04 bits per heavy atom. The molecule has 2 heterocycles. The standard InChI is InChI=1S/C18H18ClN3O4S/c19-14-5-7-15(8-6-14)27(24,25)21-11-9-20(10-12-21)13-22-16-3-1-2-4-17(16)26-18(22)23/h1-8H,9-13H2/p+1. The molecule has 0 unspecified atom stereocenters. The van der Waals surface area contributed by atoms with Gasteiger partial charge in [-0.3, -0.25) is 0 Å². The van der Waals surface area contributed by atoms with E-state index in [0.717, 1.165) is 10.4 Å². The van der Waals surface area contributed by atoms with Crippen molar-refractivity contribution in [3.63, 3.8) is 0 Å². The molecule has 1 aliphatic heterocycles. The van der Waals surface area contributed by atoms with Gasteiger partial charge in [0.2, 0.25) is 10.0 Å². The quantitative estimate of drug-likeness (QED) is 0.692. The van der Waals surface area contributed by atoms with Gasteiger partial charge < -0.3 is 9.32 Å². The highest BCUT2D eigenvalue weighted by Gasteiger charge is 2.30. The van der Waals surface area contributed by atoms with Gasteiger partial charge >= 0.3 is 5.76 Å². The van der Waals surface area contributed by atoms with Gasteiger partial charge in [-0.15, -0.1) is 0 Å². The second-order valence-electron chi connectivity index (χ2n) is 6.53. The third-order valence-corrected chi connectivity index (χ3v) is 7.00. The number of nitrogens with one attached hydrogen (secondary N) is 1. The van der Waals surface area contributed by atoms with E-state index in [4.69, 9.17) is 16.0 Å². The number of nitrogens with zero attached hydrogens (tertiary/aromatic N) is 2. The number of halogens is 1. The Bertz CT molecular complexity index is 1110. The van der Waals surface area contributed by atoms with Crippen molar-refractivity contribution in [3.05, 3.63) is 64.1 Å². The van der Waals surface area contributed by atoms with Crippen LogP contribution in [0.4, 0.5) is 0 Å². The van der Waals surface area contributed by atoms with Crippen LogP contribution in [0.5, 0.6) is 0 Å². The van der Waals surface area contributed by atoms with Gasteiger partial charge in [-0.25, -0.2) is 17.8 Å². The van der Waals surface area contributed by atoms with Gasteiger partial charge in [-0.2, -0.15) is 4.31 Å². The lowest BCUT2D eigenvalue weighted by Gasteiger charge is -2.31. The van der Waals surface area contributed by atoms with Crippen LogP contribution in [0.1, 0.15) is 0 Å². The molecular weight excluding hydrogens is 390 g/mol. The van der Waals surface area contributed by atoms with Crippen molar-refractivity contribution in [1.82, 2.24) is 8.87 Å². The average molecular weight is 409 g/mol. The van der Waals surface area contributed by atoms with Gasteiger partial charge in [0.15, 0.2) is 12.3 Å². The first-order chi connectivity index (χ1) is 12.9. The molecule has 142 valence electrons. The molecule has 7 nitrogen and oxygen atoms in total. The van der Waals surface area contributed by atoms with E-state index in [1.165, 1.54) is 16.4 Å². The molecule has 1 N–H and O–H groups in total. The normalized spacial score (nSPS) is 16.8. The van der Waals surface area contributed by atoms with E-state index < -0.39 is 10.0 Å². The fourth-order valence-corrected chi connectivity index (χ4v) is 4.91. The summed E-state index contributed by atoms with van der Waals surface area (Å²) in [6.45, 7) is 2.46. The van der Waals surface area contributed by atoms with Gasteiger partial charge in [-0.1, -0.05) is 23.7 Å². The molecule has 1 aliphatic rings. The van der Waals surface area contributed by atoms with Crippen LogP contribution in [0, 0.1) is 0 Å². The smallest absolute Gasteiger partial charge is 0.408 e. The number of fused-ring (bicyclic) bond motifs is 1. The number of benzene rings is 2. The summed E-state index contributed by atoms with van der Waals surface area (Å²) >= 11 is 5.84. The molecule has 3 aromatic rings. The van der Waals surface area contributed by atoms with Crippen LogP contribution in [-0.2, 0) is 16.7 Å². The lowest BCUT2D eigenvalue weighted by atomic mass is 10.3. The molecule has 27 heavy (non-hydrogen) atoms. The van der Waals surface area contributed by atoms with E-state index in [2.05, 4.69) is 0 Å². The monoisotopic (exact) mass is 408 g/mol. The van der Waals surface area contributed by atoms with Crippen molar-refractivity contribution >= 4 is 32.7 Å². The summed E-state index contributed by atoms with van der Waals surface area (Å²) in [5, 5.41) is 0.501. The Kier molecular flexibility index (Phi) is 4.81. The van der Waals surface area contributed by atoms with Crippen LogP contribution in [0.15, 0.2) is 62.6 Å².